The quantitative estimate of drug-likeness (QED) is 0.854. The molecule has 0 radical (unpaired) electrons. The molecule has 1 aliphatic carbocycles. The smallest absolute Gasteiger partial charge is 0.307 e. The number of amides is 1. The molecule has 1 aromatic rings. The lowest BCUT2D eigenvalue weighted by molar-refractivity contribution is -0.140. The molecule has 1 heterocycles. The van der Waals surface area contributed by atoms with Crippen molar-refractivity contribution in [3.05, 3.63) is 24.3 Å². The Labute approximate surface area is 103 Å². The van der Waals surface area contributed by atoms with E-state index in [9.17, 15) is 14.0 Å². The van der Waals surface area contributed by atoms with E-state index in [1.165, 1.54) is 12.3 Å². The second kappa shape index (κ2) is 4.04. The summed E-state index contributed by atoms with van der Waals surface area (Å²) in [7, 11) is 0. The Kier molecular flexibility index (Phi) is 2.80. The molecule has 2 atom stereocenters. The summed E-state index contributed by atoms with van der Waals surface area (Å²) in [6.07, 6.45) is 2.34. The van der Waals surface area contributed by atoms with Gasteiger partial charge in [-0.2, -0.15) is 0 Å². The van der Waals surface area contributed by atoms with Crippen LogP contribution in [0, 0.1) is 23.1 Å². The molecule has 1 aromatic heterocycles. The van der Waals surface area contributed by atoms with E-state index >= 15 is 0 Å². The van der Waals surface area contributed by atoms with Crippen LogP contribution < -0.4 is 5.32 Å². The number of aromatic nitrogens is 1. The number of hydrogen-bond acceptors (Lipinski definition) is 3. The van der Waals surface area contributed by atoms with E-state index in [-0.39, 0.29) is 5.69 Å². The van der Waals surface area contributed by atoms with E-state index < -0.39 is 34.9 Å². The average Bonchev–Trinajstić information content (AvgIpc) is 2.85. The van der Waals surface area contributed by atoms with Gasteiger partial charge < -0.3 is 10.4 Å². The van der Waals surface area contributed by atoms with Crippen molar-refractivity contribution in [3.63, 3.8) is 0 Å². The summed E-state index contributed by atoms with van der Waals surface area (Å²) in [6, 6.07) is 1.33. The molecule has 96 valence electrons. The molecule has 2 N–H and O–H groups in total. The first kappa shape index (κ1) is 12.5. The monoisotopic (exact) mass is 252 g/mol. The zero-order valence-corrected chi connectivity index (χ0v) is 9.98. The van der Waals surface area contributed by atoms with E-state index in [4.69, 9.17) is 5.11 Å². The first-order valence-electron chi connectivity index (χ1n) is 5.49. The lowest BCUT2D eigenvalue weighted by atomic mass is 10.1. The summed E-state index contributed by atoms with van der Waals surface area (Å²) in [5.41, 5.74) is -0.582. The number of nitrogens with one attached hydrogen (secondary N) is 1. The van der Waals surface area contributed by atoms with Gasteiger partial charge in [0, 0.05) is 6.20 Å². The number of rotatable bonds is 3. The second-order valence-electron chi connectivity index (χ2n) is 4.96. The average molecular weight is 252 g/mol. The van der Waals surface area contributed by atoms with Crippen LogP contribution in [0.15, 0.2) is 18.5 Å². The van der Waals surface area contributed by atoms with Gasteiger partial charge >= 0.3 is 5.97 Å². The zero-order chi connectivity index (χ0) is 13.5. The molecule has 0 saturated heterocycles. The van der Waals surface area contributed by atoms with Gasteiger partial charge in [0.25, 0.3) is 0 Å². The normalized spacial score (nSPS) is 24.4. The summed E-state index contributed by atoms with van der Waals surface area (Å²) >= 11 is 0. The fraction of sp³-hybridized carbons (Fsp3) is 0.417. The highest BCUT2D eigenvalue weighted by Crippen LogP contribution is 2.58. The minimum Gasteiger partial charge on any atom is -0.481 e. The number of carbonyl (C=O) groups excluding carboxylic acids is 1. The molecular formula is C12H13FN2O3. The molecule has 5 nitrogen and oxygen atoms in total. The van der Waals surface area contributed by atoms with Gasteiger partial charge in [-0.1, -0.05) is 13.8 Å². The molecule has 18 heavy (non-hydrogen) atoms. The van der Waals surface area contributed by atoms with Crippen LogP contribution in [0.5, 0.6) is 0 Å². The lowest BCUT2D eigenvalue weighted by Crippen LogP contribution is -2.18. The number of aliphatic carboxylic acids is 1. The number of nitrogens with zero attached hydrogens (tertiary/aromatic N) is 1. The number of carboxylic acids is 1. The Hall–Kier alpha value is -1.98. The molecule has 0 bridgehead atoms. The molecule has 1 aliphatic rings. The van der Waals surface area contributed by atoms with Gasteiger partial charge in [-0.15, -0.1) is 0 Å². The number of hydrogen-bond donors (Lipinski definition) is 2. The van der Waals surface area contributed by atoms with Crippen molar-refractivity contribution < 1.29 is 19.1 Å². The van der Waals surface area contributed by atoms with Gasteiger partial charge in [0.15, 0.2) is 5.82 Å². The minimum atomic E-state index is -1.00. The Bertz CT molecular complexity index is 516. The number of halogens is 1. The van der Waals surface area contributed by atoms with Gasteiger partial charge in [0.2, 0.25) is 5.91 Å². The van der Waals surface area contributed by atoms with Crippen molar-refractivity contribution in [1.29, 1.82) is 0 Å². The highest BCUT2D eigenvalue weighted by Gasteiger charge is 2.65. The predicted molar refractivity (Wildman–Crippen MR) is 61.2 cm³/mol. The van der Waals surface area contributed by atoms with E-state index in [0.717, 1.165) is 6.20 Å². The fourth-order valence-electron chi connectivity index (χ4n) is 2.28. The fourth-order valence-corrected chi connectivity index (χ4v) is 2.28. The topological polar surface area (TPSA) is 79.3 Å². The molecule has 0 aliphatic heterocycles. The Morgan fingerprint density at radius 1 is 1.44 bits per heavy atom. The summed E-state index contributed by atoms with van der Waals surface area (Å²) < 4.78 is 13.3. The SMILES string of the molecule is CC1(C)[C@H](C(=O)O)[C@@H]1C(=O)Nc1ccncc1F. The maximum atomic E-state index is 13.3. The van der Waals surface area contributed by atoms with Crippen LogP contribution in [0.1, 0.15) is 13.8 Å². The summed E-state index contributed by atoms with van der Waals surface area (Å²) in [4.78, 5) is 26.4. The van der Waals surface area contributed by atoms with Crippen LogP contribution in [0.3, 0.4) is 0 Å². The summed E-state index contributed by atoms with van der Waals surface area (Å²) in [6.45, 7) is 3.41. The third-order valence-electron chi connectivity index (χ3n) is 3.41. The van der Waals surface area contributed by atoms with Crippen LogP contribution >= 0.6 is 0 Å². The molecule has 6 heteroatoms. The molecule has 0 aromatic carbocycles. The molecule has 0 unspecified atom stereocenters. The molecular weight excluding hydrogens is 239 g/mol. The Morgan fingerprint density at radius 2 is 2.11 bits per heavy atom. The van der Waals surface area contributed by atoms with E-state index in [0.29, 0.717) is 0 Å². The predicted octanol–water partition coefficient (Wildman–Crippen LogP) is 1.52. The van der Waals surface area contributed by atoms with Gasteiger partial charge in [-0.25, -0.2) is 4.39 Å². The second-order valence-corrected chi connectivity index (χ2v) is 4.96. The Morgan fingerprint density at radius 3 is 2.61 bits per heavy atom. The third-order valence-corrected chi connectivity index (χ3v) is 3.41. The maximum Gasteiger partial charge on any atom is 0.307 e. The van der Waals surface area contributed by atoms with E-state index in [1.807, 2.05) is 0 Å². The van der Waals surface area contributed by atoms with Crippen molar-refractivity contribution in [1.82, 2.24) is 4.98 Å². The standard InChI is InChI=1S/C12H13FN2O3/c1-12(2)8(9(12)11(17)18)10(16)15-7-3-4-14-5-6(7)13/h3-5,8-9H,1-2H3,(H,17,18)(H,14,15,16)/t8-,9+/m1/s1. The van der Waals surface area contributed by atoms with Gasteiger partial charge in [-0.3, -0.25) is 14.6 Å². The number of carbonyl (C=O) groups is 2. The van der Waals surface area contributed by atoms with Crippen LogP contribution in [-0.4, -0.2) is 22.0 Å². The van der Waals surface area contributed by atoms with Crippen LogP contribution in [0.2, 0.25) is 0 Å². The summed E-state index contributed by atoms with van der Waals surface area (Å²) in [5.74, 6) is -3.48. The van der Waals surface area contributed by atoms with Gasteiger partial charge in [0.05, 0.1) is 23.7 Å². The van der Waals surface area contributed by atoms with Crippen molar-refractivity contribution in [3.8, 4) is 0 Å². The van der Waals surface area contributed by atoms with Crippen molar-refractivity contribution >= 4 is 17.6 Å². The van der Waals surface area contributed by atoms with E-state index in [1.54, 1.807) is 13.8 Å². The first-order valence-corrected chi connectivity index (χ1v) is 5.49. The van der Waals surface area contributed by atoms with Crippen LogP contribution in [0.4, 0.5) is 10.1 Å². The lowest BCUT2D eigenvalue weighted by Gasteiger charge is -2.06. The molecule has 1 amide bonds. The zero-order valence-electron chi connectivity index (χ0n) is 9.98. The minimum absolute atomic E-state index is 0.0156. The molecule has 1 saturated carbocycles. The molecule has 1 fully saturated rings. The van der Waals surface area contributed by atoms with Crippen LogP contribution in [-0.2, 0) is 9.59 Å². The van der Waals surface area contributed by atoms with Gasteiger partial charge in [0.1, 0.15) is 0 Å². The summed E-state index contributed by atoms with van der Waals surface area (Å²) in [5, 5.41) is 11.4. The highest BCUT2D eigenvalue weighted by molar-refractivity contribution is 5.99. The van der Waals surface area contributed by atoms with E-state index in [2.05, 4.69) is 10.3 Å². The number of pyridine rings is 1. The molecule has 2 rings (SSSR count). The Balaban J connectivity index is 2.11. The largest absolute Gasteiger partial charge is 0.481 e. The van der Waals surface area contributed by atoms with Crippen molar-refractivity contribution in [2.45, 2.75) is 13.8 Å². The highest BCUT2D eigenvalue weighted by atomic mass is 19.1. The molecule has 0 spiro atoms. The number of anilines is 1. The van der Waals surface area contributed by atoms with Crippen molar-refractivity contribution in [2.24, 2.45) is 17.3 Å². The van der Waals surface area contributed by atoms with Gasteiger partial charge in [-0.05, 0) is 11.5 Å². The third kappa shape index (κ3) is 1.94. The first-order chi connectivity index (χ1) is 8.35. The maximum absolute atomic E-state index is 13.3. The number of carboxylic acid groups (broad SMARTS) is 1. The van der Waals surface area contributed by atoms with Crippen molar-refractivity contribution in [2.75, 3.05) is 5.32 Å². The van der Waals surface area contributed by atoms with Crippen LogP contribution in [0.25, 0.3) is 0 Å².